The molecule has 2 heteroatoms. The summed E-state index contributed by atoms with van der Waals surface area (Å²) in [5, 5.41) is 2.51. The lowest BCUT2D eigenvalue weighted by atomic mass is 10.0. The minimum Gasteiger partial charge on any atom is -0.310 e. The van der Waals surface area contributed by atoms with Crippen molar-refractivity contribution in [3.05, 3.63) is 206 Å². The van der Waals surface area contributed by atoms with Crippen LogP contribution in [0.1, 0.15) is 0 Å². The Bertz CT molecular complexity index is 2480. The Labute approximate surface area is 292 Å². The van der Waals surface area contributed by atoms with E-state index in [1.165, 1.54) is 60.9 Å². The standard InChI is InChI=1S/C48H34N2/c1-4-14-35(15-5-1)38-18-12-22-43(32-38)49(44-23-13-19-39(33-44)36-16-6-2-7-17-36)42-29-26-37(27-30-42)40-28-31-48-46(34-40)45-24-10-11-25-47(45)50(48)41-20-8-3-9-21-41/h1-34H. The first-order chi connectivity index (χ1) is 24.8. The highest BCUT2D eigenvalue weighted by atomic mass is 15.1. The maximum absolute atomic E-state index is 2.36. The molecule has 1 aromatic heterocycles. The molecule has 50 heavy (non-hydrogen) atoms. The van der Waals surface area contributed by atoms with Crippen LogP contribution in [0.4, 0.5) is 17.1 Å². The molecule has 0 aliphatic heterocycles. The molecule has 1 heterocycles. The van der Waals surface area contributed by atoms with Gasteiger partial charge in [-0.05, 0) is 100 Å². The van der Waals surface area contributed by atoms with Crippen LogP contribution in [0, 0.1) is 0 Å². The predicted octanol–water partition coefficient (Wildman–Crippen LogP) is 13.3. The molecular weight excluding hydrogens is 605 g/mol. The van der Waals surface area contributed by atoms with E-state index in [1.54, 1.807) is 0 Å². The zero-order valence-corrected chi connectivity index (χ0v) is 27.5. The smallest absolute Gasteiger partial charge is 0.0541 e. The lowest BCUT2D eigenvalue weighted by molar-refractivity contribution is 1.18. The van der Waals surface area contributed by atoms with Gasteiger partial charge in [0.1, 0.15) is 0 Å². The van der Waals surface area contributed by atoms with Crippen LogP contribution in [-0.4, -0.2) is 4.57 Å². The monoisotopic (exact) mass is 638 g/mol. The van der Waals surface area contributed by atoms with Crippen molar-refractivity contribution < 1.29 is 0 Å². The zero-order chi connectivity index (χ0) is 33.3. The summed E-state index contributed by atoms with van der Waals surface area (Å²) in [5.41, 5.74) is 14.1. The van der Waals surface area contributed by atoms with Gasteiger partial charge in [0.05, 0.1) is 11.0 Å². The van der Waals surface area contributed by atoms with Gasteiger partial charge in [-0.25, -0.2) is 0 Å². The van der Waals surface area contributed by atoms with Crippen LogP contribution in [-0.2, 0) is 0 Å². The molecule has 0 atom stereocenters. The van der Waals surface area contributed by atoms with E-state index in [4.69, 9.17) is 0 Å². The molecule has 9 aromatic rings. The van der Waals surface area contributed by atoms with Crippen molar-refractivity contribution in [3.63, 3.8) is 0 Å². The molecule has 0 aliphatic carbocycles. The van der Waals surface area contributed by atoms with E-state index in [-0.39, 0.29) is 0 Å². The largest absolute Gasteiger partial charge is 0.310 e. The van der Waals surface area contributed by atoms with E-state index in [9.17, 15) is 0 Å². The van der Waals surface area contributed by atoms with Crippen molar-refractivity contribution in [1.82, 2.24) is 4.57 Å². The van der Waals surface area contributed by atoms with Gasteiger partial charge in [0.25, 0.3) is 0 Å². The van der Waals surface area contributed by atoms with Gasteiger partial charge < -0.3 is 9.47 Å². The quantitative estimate of drug-likeness (QED) is 0.169. The van der Waals surface area contributed by atoms with Gasteiger partial charge in [-0.15, -0.1) is 0 Å². The number of anilines is 3. The summed E-state index contributed by atoms with van der Waals surface area (Å²) in [6, 6.07) is 74.0. The number of benzene rings is 8. The minimum absolute atomic E-state index is 1.10. The Hall–Kier alpha value is -6.64. The third-order valence-corrected chi connectivity index (χ3v) is 9.57. The zero-order valence-electron chi connectivity index (χ0n) is 27.5. The van der Waals surface area contributed by atoms with Crippen molar-refractivity contribution in [2.45, 2.75) is 0 Å². The highest BCUT2D eigenvalue weighted by Gasteiger charge is 2.16. The number of rotatable bonds is 7. The van der Waals surface area contributed by atoms with Crippen molar-refractivity contribution in [1.29, 1.82) is 0 Å². The van der Waals surface area contributed by atoms with Crippen LogP contribution in [0.25, 0.3) is 60.9 Å². The summed E-state index contributed by atoms with van der Waals surface area (Å²) >= 11 is 0. The fourth-order valence-electron chi connectivity index (χ4n) is 7.17. The number of hydrogen-bond donors (Lipinski definition) is 0. The molecule has 0 unspecified atom stereocenters. The molecule has 0 bridgehead atoms. The molecule has 0 radical (unpaired) electrons. The Kier molecular flexibility index (Phi) is 7.53. The number of fused-ring (bicyclic) bond motifs is 3. The van der Waals surface area contributed by atoms with Crippen molar-refractivity contribution in [2.24, 2.45) is 0 Å². The van der Waals surface area contributed by atoms with Crippen molar-refractivity contribution >= 4 is 38.9 Å². The van der Waals surface area contributed by atoms with E-state index >= 15 is 0 Å². The fraction of sp³-hybridized carbons (Fsp3) is 0. The second kappa shape index (κ2) is 12.8. The van der Waals surface area contributed by atoms with Crippen molar-refractivity contribution in [3.8, 4) is 39.1 Å². The number of para-hydroxylation sites is 2. The van der Waals surface area contributed by atoms with Gasteiger partial charge >= 0.3 is 0 Å². The van der Waals surface area contributed by atoms with E-state index in [0.29, 0.717) is 0 Å². The number of aromatic nitrogens is 1. The molecule has 0 saturated heterocycles. The van der Waals surface area contributed by atoms with Crippen LogP contribution in [0.2, 0.25) is 0 Å². The normalized spacial score (nSPS) is 11.2. The highest BCUT2D eigenvalue weighted by Crippen LogP contribution is 2.40. The summed E-state index contributed by atoms with van der Waals surface area (Å²) in [7, 11) is 0. The van der Waals surface area contributed by atoms with E-state index in [1.807, 2.05) is 0 Å². The first-order valence-corrected chi connectivity index (χ1v) is 17.1. The van der Waals surface area contributed by atoms with E-state index < -0.39 is 0 Å². The molecule has 0 amide bonds. The average molecular weight is 639 g/mol. The third-order valence-electron chi connectivity index (χ3n) is 9.57. The molecule has 2 nitrogen and oxygen atoms in total. The van der Waals surface area contributed by atoms with Crippen LogP contribution in [0.15, 0.2) is 206 Å². The molecule has 0 spiro atoms. The van der Waals surface area contributed by atoms with Gasteiger partial charge in [0, 0.05) is 33.5 Å². The molecule has 0 fully saturated rings. The van der Waals surface area contributed by atoms with Crippen LogP contribution < -0.4 is 4.90 Å². The maximum Gasteiger partial charge on any atom is 0.0541 e. The lowest BCUT2D eigenvalue weighted by Crippen LogP contribution is -2.10. The molecular formula is C48H34N2. The number of hydrogen-bond acceptors (Lipinski definition) is 1. The Morgan fingerprint density at radius 1 is 0.280 bits per heavy atom. The maximum atomic E-state index is 2.36. The molecule has 8 aromatic carbocycles. The molecule has 0 aliphatic rings. The van der Waals surface area contributed by atoms with Gasteiger partial charge in [0.2, 0.25) is 0 Å². The molecule has 0 N–H and O–H groups in total. The molecule has 0 saturated carbocycles. The van der Waals surface area contributed by atoms with Crippen LogP contribution in [0.5, 0.6) is 0 Å². The van der Waals surface area contributed by atoms with Gasteiger partial charge in [-0.3, -0.25) is 0 Å². The SMILES string of the molecule is c1ccc(-c2cccc(N(c3ccc(-c4ccc5c(c4)c4ccccc4n5-c4ccccc4)cc3)c3cccc(-c4ccccc4)c3)c2)cc1. The summed E-state index contributed by atoms with van der Waals surface area (Å²) in [4.78, 5) is 2.36. The lowest BCUT2D eigenvalue weighted by Gasteiger charge is -2.27. The predicted molar refractivity (Wildman–Crippen MR) is 212 cm³/mol. The van der Waals surface area contributed by atoms with Crippen molar-refractivity contribution in [2.75, 3.05) is 4.90 Å². The second-order valence-electron chi connectivity index (χ2n) is 12.6. The summed E-state index contributed by atoms with van der Waals surface area (Å²) in [5.74, 6) is 0. The summed E-state index contributed by atoms with van der Waals surface area (Å²) in [6.07, 6.45) is 0. The summed E-state index contributed by atoms with van der Waals surface area (Å²) in [6.45, 7) is 0. The topological polar surface area (TPSA) is 8.17 Å². The van der Waals surface area contributed by atoms with Crippen LogP contribution in [0.3, 0.4) is 0 Å². The fourth-order valence-corrected chi connectivity index (χ4v) is 7.17. The average Bonchev–Trinajstić information content (AvgIpc) is 3.53. The van der Waals surface area contributed by atoms with Gasteiger partial charge in [-0.1, -0.05) is 140 Å². The second-order valence-corrected chi connectivity index (χ2v) is 12.6. The Morgan fingerprint density at radius 3 is 1.36 bits per heavy atom. The molecule has 236 valence electrons. The Balaban J connectivity index is 1.14. The Morgan fingerprint density at radius 2 is 0.740 bits per heavy atom. The molecule has 9 rings (SSSR count). The van der Waals surface area contributed by atoms with Gasteiger partial charge in [0.15, 0.2) is 0 Å². The highest BCUT2D eigenvalue weighted by molar-refractivity contribution is 6.10. The van der Waals surface area contributed by atoms with Crippen LogP contribution >= 0.6 is 0 Å². The van der Waals surface area contributed by atoms with E-state index in [2.05, 4.69) is 216 Å². The first kappa shape index (κ1) is 29.5. The van der Waals surface area contributed by atoms with E-state index in [0.717, 1.165) is 17.1 Å². The first-order valence-electron chi connectivity index (χ1n) is 17.1. The number of nitrogens with zero attached hydrogens (tertiary/aromatic N) is 2. The summed E-state index contributed by atoms with van der Waals surface area (Å²) < 4.78 is 2.36. The van der Waals surface area contributed by atoms with Gasteiger partial charge in [-0.2, -0.15) is 0 Å². The minimum atomic E-state index is 1.10. The third kappa shape index (κ3) is 5.43.